The third-order valence-corrected chi connectivity index (χ3v) is 8.17. The van der Waals surface area contributed by atoms with Crippen molar-refractivity contribution >= 4 is 29.0 Å². The number of nitrogens with zero attached hydrogens (tertiary/aromatic N) is 6. The number of fused-ring (bicyclic) bond motifs is 1. The van der Waals surface area contributed by atoms with Crippen LogP contribution in [-0.4, -0.2) is 61.8 Å². The molecule has 0 N–H and O–H groups in total. The van der Waals surface area contributed by atoms with Crippen molar-refractivity contribution in [3.8, 4) is 16.9 Å². The van der Waals surface area contributed by atoms with Crippen molar-refractivity contribution < 1.29 is 21.1 Å². The van der Waals surface area contributed by atoms with Gasteiger partial charge in [-0.15, -0.1) is 0 Å². The van der Waals surface area contributed by atoms with E-state index in [1.54, 1.807) is 31.9 Å². The minimum Gasteiger partial charge on any atom is -0.444 e. The van der Waals surface area contributed by atoms with Gasteiger partial charge in [0.05, 0.1) is 19.5 Å². The molecule has 0 unspecified atom stereocenters. The molecule has 248 valence electrons. The predicted molar refractivity (Wildman–Crippen MR) is 181 cm³/mol. The maximum absolute atomic E-state index is 16.4. The topological polar surface area (TPSA) is 93.5 Å². The van der Waals surface area contributed by atoms with E-state index in [0.29, 0.717) is 11.4 Å². The molecule has 0 bridgehead atoms. The molecule has 0 saturated carbocycles. The molecule has 0 radical (unpaired) electrons. The van der Waals surface area contributed by atoms with Crippen molar-refractivity contribution in [2.45, 2.75) is 78.9 Å². The molecule has 0 spiro atoms. The summed E-state index contributed by atoms with van der Waals surface area (Å²) >= 11 is 0. The predicted octanol–water partition coefficient (Wildman–Crippen LogP) is 7.46. The monoisotopic (exact) mass is 646 g/mol. The quantitative estimate of drug-likeness (QED) is 0.215. The van der Waals surface area contributed by atoms with E-state index in [1.165, 1.54) is 22.8 Å². The van der Waals surface area contributed by atoms with Gasteiger partial charge in [0.1, 0.15) is 22.9 Å². The van der Waals surface area contributed by atoms with E-state index >= 15 is 8.78 Å². The highest BCUT2D eigenvalue weighted by molar-refractivity contribution is 5.91. The minimum atomic E-state index is -0.878. The molecular formula is C36H42F2N6O3. The molecule has 1 saturated heterocycles. The van der Waals surface area contributed by atoms with Crippen LogP contribution in [0.2, 0.25) is 0 Å². The SMILES string of the molecule is [2H]C([2H])=Cc1cccc(F)c1-c1nc2c(cc1F)c(N1CCN(C(=O)OC(C)(C)C)C[C@@H]1C)nc(=O)n2-c1c(C(C)C)ccnc1C(C)C. The normalized spacial score (nSPS) is 16.0. The van der Waals surface area contributed by atoms with E-state index < -0.39 is 35.5 Å². The Morgan fingerprint density at radius 3 is 2.49 bits per heavy atom. The number of carbonyl (C=O) groups is 1. The van der Waals surface area contributed by atoms with Crippen LogP contribution < -0.4 is 10.6 Å². The summed E-state index contributed by atoms with van der Waals surface area (Å²) in [4.78, 5) is 44.5. The lowest BCUT2D eigenvalue weighted by Gasteiger charge is -2.41. The molecule has 11 heteroatoms. The maximum Gasteiger partial charge on any atom is 0.410 e. The van der Waals surface area contributed by atoms with Crippen molar-refractivity contribution in [2.75, 3.05) is 24.5 Å². The molecular weight excluding hydrogens is 602 g/mol. The number of rotatable bonds is 6. The number of aromatic nitrogens is 4. The fourth-order valence-corrected chi connectivity index (χ4v) is 5.99. The second-order valence-corrected chi connectivity index (χ2v) is 13.5. The minimum absolute atomic E-state index is 0.0418. The number of halogens is 2. The molecule has 1 aromatic carbocycles. The Balaban J connectivity index is 1.81. The first-order valence-corrected chi connectivity index (χ1v) is 15.8. The Morgan fingerprint density at radius 1 is 1.11 bits per heavy atom. The molecule has 9 nitrogen and oxygen atoms in total. The van der Waals surface area contributed by atoms with Gasteiger partial charge >= 0.3 is 11.8 Å². The summed E-state index contributed by atoms with van der Waals surface area (Å²) in [5, 5.41) is 0.210. The highest BCUT2D eigenvalue weighted by atomic mass is 19.1. The summed E-state index contributed by atoms with van der Waals surface area (Å²) < 4.78 is 54.1. The molecule has 1 atom stereocenters. The van der Waals surface area contributed by atoms with Crippen LogP contribution in [0.5, 0.6) is 0 Å². The van der Waals surface area contributed by atoms with E-state index in [-0.39, 0.29) is 71.2 Å². The van der Waals surface area contributed by atoms with Crippen molar-refractivity contribution in [2.24, 2.45) is 0 Å². The van der Waals surface area contributed by atoms with Gasteiger partial charge in [-0.1, -0.05) is 52.4 Å². The highest BCUT2D eigenvalue weighted by Gasteiger charge is 2.33. The number of amides is 1. The molecule has 1 aliphatic rings. The Kier molecular flexibility index (Phi) is 8.46. The molecule has 3 aromatic heterocycles. The van der Waals surface area contributed by atoms with Crippen LogP contribution in [0.15, 0.2) is 47.9 Å². The van der Waals surface area contributed by atoms with E-state index in [1.807, 2.05) is 45.6 Å². The first-order valence-electron chi connectivity index (χ1n) is 16.8. The third kappa shape index (κ3) is 6.48. The summed E-state index contributed by atoms with van der Waals surface area (Å²) in [6.07, 6.45) is 2.34. The zero-order valence-corrected chi connectivity index (χ0v) is 28.1. The fourth-order valence-electron chi connectivity index (χ4n) is 5.99. The Morgan fingerprint density at radius 2 is 1.85 bits per heavy atom. The third-order valence-electron chi connectivity index (χ3n) is 8.17. The first kappa shape index (κ1) is 31.0. The van der Waals surface area contributed by atoms with Crippen LogP contribution in [0.25, 0.3) is 34.1 Å². The van der Waals surface area contributed by atoms with Crippen LogP contribution in [-0.2, 0) is 4.74 Å². The van der Waals surface area contributed by atoms with Crippen LogP contribution in [0, 0.1) is 11.6 Å². The van der Waals surface area contributed by atoms with Crippen molar-refractivity contribution in [3.63, 3.8) is 0 Å². The molecule has 1 aliphatic heterocycles. The van der Waals surface area contributed by atoms with Crippen LogP contribution in [0.4, 0.5) is 19.4 Å². The summed E-state index contributed by atoms with van der Waals surface area (Å²) in [6, 6.07) is 6.70. The Bertz CT molecular complexity index is 1980. The van der Waals surface area contributed by atoms with Gasteiger partial charge in [0.25, 0.3) is 0 Å². The molecule has 0 aliphatic carbocycles. The number of benzene rings is 1. The summed E-state index contributed by atoms with van der Waals surface area (Å²) in [6.45, 7) is 15.3. The number of piperazine rings is 1. The number of carbonyl (C=O) groups excluding carboxylic acids is 1. The smallest absolute Gasteiger partial charge is 0.410 e. The van der Waals surface area contributed by atoms with Gasteiger partial charge in [-0.2, -0.15) is 4.98 Å². The molecule has 4 heterocycles. The summed E-state index contributed by atoms with van der Waals surface area (Å²) in [7, 11) is 0. The number of anilines is 1. The van der Waals surface area contributed by atoms with E-state index in [4.69, 9.17) is 12.5 Å². The van der Waals surface area contributed by atoms with Crippen LogP contribution in [0.1, 0.15) is 86.8 Å². The lowest BCUT2D eigenvalue weighted by Crippen LogP contribution is -2.55. The molecule has 4 aromatic rings. The molecule has 1 amide bonds. The Hall–Kier alpha value is -4.67. The standard InChI is InChI=1S/C36H42F2N6O3/c1-10-23-12-11-13-26(37)28(23)30-27(38)18-25-32(43-17-16-42(19-22(43)6)35(46)47-36(7,8)9)41-34(45)44(33(25)40-30)31-24(20(2)3)14-15-39-29(31)21(4)5/h10-15,18,20-22H,1,16-17,19H2,2-9H3/t22-/m0/s1/i1D2. The van der Waals surface area contributed by atoms with Crippen molar-refractivity contribution in [3.05, 3.63) is 82.0 Å². The largest absolute Gasteiger partial charge is 0.444 e. The zero-order chi connectivity index (χ0) is 35.9. The second kappa shape index (κ2) is 12.8. The van der Waals surface area contributed by atoms with Gasteiger partial charge in [0, 0.05) is 37.4 Å². The van der Waals surface area contributed by atoms with Gasteiger partial charge in [0.15, 0.2) is 11.5 Å². The lowest BCUT2D eigenvalue weighted by molar-refractivity contribution is 0.0218. The average molecular weight is 647 g/mol. The van der Waals surface area contributed by atoms with Crippen molar-refractivity contribution in [1.82, 2.24) is 24.4 Å². The number of hydrogen-bond donors (Lipinski definition) is 0. The van der Waals surface area contributed by atoms with Gasteiger partial charge in [-0.3, -0.25) is 4.98 Å². The average Bonchev–Trinajstić information content (AvgIpc) is 2.99. The summed E-state index contributed by atoms with van der Waals surface area (Å²) in [5.74, 6) is -1.67. The maximum atomic E-state index is 16.4. The fraction of sp³-hybridized carbons (Fsp3) is 0.417. The van der Waals surface area contributed by atoms with E-state index in [9.17, 15) is 9.59 Å². The lowest BCUT2D eigenvalue weighted by atomic mass is 9.97. The van der Waals surface area contributed by atoms with Crippen LogP contribution >= 0.6 is 0 Å². The van der Waals surface area contributed by atoms with E-state index in [0.717, 1.165) is 17.7 Å². The van der Waals surface area contributed by atoms with Crippen molar-refractivity contribution in [1.29, 1.82) is 0 Å². The van der Waals surface area contributed by atoms with Gasteiger partial charge < -0.3 is 14.5 Å². The molecule has 5 rings (SSSR count). The molecule has 47 heavy (non-hydrogen) atoms. The van der Waals surface area contributed by atoms with Gasteiger partial charge in [-0.25, -0.2) is 27.9 Å². The van der Waals surface area contributed by atoms with Crippen LogP contribution in [0.3, 0.4) is 0 Å². The first-order chi connectivity index (χ1) is 23.0. The number of hydrogen-bond acceptors (Lipinski definition) is 7. The zero-order valence-electron chi connectivity index (χ0n) is 30.1. The number of ether oxygens (including phenoxy) is 1. The van der Waals surface area contributed by atoms with Gasteiger partial charge in [0.2, 0.25) is 0 Å². The second-order valence-electron chi connectivity index (χ2n) is 13.5. The highest BCUT2D eigenvalue weighted by Crippen LogP contribution is 2.36. The summed E-state index contributed by atoms with van der Waals surface area (Å²) in [5.41, 5.74) is 0.0372. The molecule has 1 fully saturated rings. The number of pyridine rings is 2. The Labute approximate surface area is 276 Å². The van der Waals surface area contributed by atoms with E-state index in [2.05, 4.69) is 9.97 Å². The van der Waals surface area contributed by atoms with Gasteiger partial charge in [-0.05, 0) is 68.9 Å².